The highest BCUT2D eigenvalue weighted by Crippen LogP contribution is 2.39. The highest BCUT2D eigenvalue weighted by Gasteiger charge is 2.21. The molecule has 0 aliphatic rings. The number of methoxy groups -OCH3 is 2. The number of aliphatic hydroxyl groups excluding tert-OH is 1. The normalized spacial score (nSPS) is 12.1. The summed E-state index contributed by atoms with van der Waals surface area (Å²) in [6.07, 6.45) is -0.748. The number of halogens is 1. The average molecular weight is 351 g/mol. The summed E-state index contributed by atoms with van der Waals surface area (Å²) in [4.78, 5) is 0. The maximum absolute atomic E-state index is 10.8. The van der Waals surface area contributed by atoms with E-state index in [9.17, 15) is 5.11 Å². The van der Waals surface area contributed by atoms with E-state index in [0.29, 0.717) is 0 Å². The molecule has 0 saturated carbocycles. The molecule has 4 heteroatoms. The molecule has 0 aliphatic heterocycles. The fourth-order valence-corrected chi connectivity index (χ4v) is 2.99. The van der Waals surface area contributed by atoms with Gasteiger partial charge in [0, 0.05) is 10.0 Å². The number of hydrogen-bond donors (Lipinski definition) is 1. The molecule has 0 heterocycles. The molecule has 0 amide bonds. The van der Waals surface area contributed by atoms with Crippen molar-refractivity contribution in [2.45, 2.75) is 20.0 Å². The maximum atomic E-state index is 10.8. The Morgan fingerprint density at radius 2 is 1.67 bits per heavy atom. The predicted molar refractivity (Wildman–Crippen MR) is 87.2 cm³/mol. The monoisotopic (exact) mass is 350 g/mol. The van der Waals surface area contributed by atoms with Gasteiger partial charge in [-0.3, -0.25) is 0 Å². The van der Waals surface area contributed by atoms with E-state index in [0.717, 1.165) is 38.2 Å². The molecular formula is C17H19BrO3. The zero-order valence-electron chi connectivity index (χ0n) is 12.6. The Balaban J connectivity index is 2.53. The highest BCUT2D eigenvalue weighted by atomic mass is 79.9. The molecule has 3 nitrogen and oxygen atoms in total. The van der Waals surface area contributed by atoms with Crippen LogP contribution in [0.5, 0.6) is 11.5 Å². The van der Waals surface area contributed by atoms with Gasteiger partial charge in [0.1, 0.15) is 17.6 Å². The van der Waals surface area contributed by atoms with E-state index in [1.807, 2.05) is 44.2 Å². The van der Waals surface area contributed by atoms with Crippen LogP contribution in [-0.2, 0) is 0 Å². The second-order valence-electron chi connectivity index (χ2n) is 4.92. The highest BCUT2D eigenvalue weighted by molar-refractivity contribution is 9.10. The molecule has 2 aromatic carbocycles. The van der Waals surface area contributed by atoms with Crippen molar-refractivity contribution in [3.05, 3.63) is 57.1 Å². The summed E-state index contributed by atoms with van der Waals surface area (Å²) in [5.41, 5.74) is 3.54. The van der Waals surface area contributed by atoms with Crippen LogP contribution in [0.4, 0.5) is 0 Å². The van der Waals surface area contributed by atoms with Gasteiger partial charge >= 0.3 is 0 Å². The number of aryl methyl sites for hydroxylation is 1. The summed E-state index contributed by atoms with van der Waals surface area (Å²) in [5.74, 6) is 1.49. The van der Waals surface area contributed by atoms with Gasteiger partial charge in [0.05, 0.1) is 14.2 Å². The molecule has 0 saturated heterocycles. The van der Waals surface area contributed by atoms with E-state index < -0.39 is 6.10 Å². The Labute approximate surface area is 133 Å². The second kappa shape index (κ2) is 6.50. The van der Waals surface area contributed by atoms with Crippen LogP contribution < -0.4 is 9.47 Å². The standard InChI is InChI=1S/C17H19BrO3/c1-10-9-14(18)11(2)15(17(10)21-4)16(19)12-5-7-13(20-3)8-6-12/h5-9,16,19H,1-4H3. The van der Waals surface area contributed by atoms with Crippen molar-refractivity contribution < 1.29 is 14.6 Å². The van der Waals surface area contributed by atoms with Crippen LogP contribution >= 0.6 is 15.9 Å². The van der Waals surface area contributed by atoms with Crippen molar-refractivity contribution >= 4 is 15.9 Å². The molecule has 0 aliphatic carbocycles. The Kier molecular flexibility index (Phi) is 4.91. The third kappa shape index (κ3) is 3.06. The molecule has 2 rings (SSSR count). The lowest BCUT2D eigenvalue weighted by Crippen LogP contribution is -2.07. The van der Waals surface area contributed by atoms with Gasteiger partial charge < -0.3 is 14.6 Å². The molecule has 0 spiro atoms. The number of aliphatic hydroxyl groups is 1. The topological polar surface area (TPSA) is 38.7 Å². The molecule has 112 valence electrons. The third-order valence-electron chi connectivity index (χ3n) is 3.62. The van der Waals surface area contributed by atoms with Gasteiger partial charge in [0.25, 0.3) is 0 Å². The van der Waals surface area contributed by atoms with Gasteiger partial charge in [-0.25, -0.2) is 0 Å². The summed E-state index contributed by atoms with van der Waals surface area (Å²) in [7, 11) is 3.25. The molecular weight excluding hydrogens is 332 g/mol. The summed E-state index contributed by atoms with van der Waals surface area (Å²) in [6.45, 7) is 3.93. The minimum absolute atomic E-state index is 0.721. The molecule has 0 aromatic heterocycles. The molecule has 2 aromatic rings. The number of ether oxygens (including phenoxy) is 2. The lowest BCUT2D eigenvalue weighted by atomic mass is 9.94. The first kappa shape index (κ1) is 15.9. The molecule has 21 heavy (non-hydrogen) atoms. The van der Waals surface area contributed by atoms with Crippen LogP contribution in [0.3, 0.4) is 0 Å². The lowest BCUT2D eigenvalue weighted by molar-refractivity contribution is 0.213. The van der Waals surface area contributed by atoms with E-state index in [2.05, 4.69) is 15.9 Å². The van der Waals surface area contributed by atoms with Gasteiger partial charge in [0.15, 0.2) is 0 Å². The third-order valence-corrected chi connectivity index (χ3v) is 4.44. The van der Waals surface area contributed by atoms with Crippen LogP contribution in [-0.4, -0.2) is 19.3 Å². The average Bonchev–Trinajstić information content (AvgIpc) is 2.50. The predicted octanol–water partition coefficient (Wildman–Crippen LogP) is 4.16. The molecule has 0 bridgehead atoms. The van der Waals surface area contributed by atoms with Crippen molar-refractivity contribution in [2.75, 3.05) is 14.2 Å². The van der Waals surface area contributed by atoms with Gasteiger partial charge in [-0.2, -0.15) is 0 Å². The van der Waals surface area contributed by atoms with Crippen molar-refractivity contribution in [1.29, 1.82) is 0 Å². The zero-order valence-corrected chi connectivity index (χ0v) is 14.2. The fraction of sp³-hybridized carbons (Fsp3) is 0.294. The Morgan fingerprint density at radius 3 is 2.19 bits per heavy atom. The van der Waals surface area contributed by atoms with Crippen molar-refractivity contribution in [1.82, 2.24) is 0 Å². The summed E-state index contributed by atoms with van der Waals surface area (Å²) < 4.78 is 11.6. The van der Waals surface area contributed by atoms with Gasteiger partial charge in [-0.1, -0.05) is 28.1 Å². The van der Waals surface area contributed by atoms with Crippen LogP contribution in [0.1, 0.15) is 28.4 Å². The number of hydrogen-bond acceptors (Lipinski definition) is 3. The Morgan fingerprint density at radius 1 is 1.05 bits per heavy atom. The van der Waals surface area contributed by atoms with E-state index in [1.54, 1.807) is 14.2 Å². The van der Waals surface area contributed by atoms with E-state index in [4.69, 9.17) is 9.47 Å². The number of rotatable bonds is 4. The SMILES string of the molecule is COc1ccc(C(O)c2c(C)c(Br)cc(C)c2OC)cc1. The largest absolute Gasteiger partial charge is 0.497 e. The molecule has 0 radical (unpaired) electrons. The number of benzene rings is 2. The van der Waals surface area contributed by atoms with Crippen molar-refractivity contribution in [3.63, 3.8) is 0 Å². The zero-order chi connectivity index (χ0) is 15.6. The summed E-state index contributed by atoms with van der Waals surface area (Å²) in [6, 6.07) is 9.39. The first-order valence-corrected chi connectivity index (χ1v) is 7.44. The van der Waals surface area contributed by atoms with Crippen LogP contribution in [0.15, 0.2) is 34.8 Å². The van der Waals surface area contributed by atoms with Gasteiger partial charge in [0.2, 0.25) is 0 Å². The first-order valence-electron chi connectivity index (χ1n) is 6.65. The van der Waals surface area contributed by atoms with Gasteiger partial charge in [-0.05, 0) is 48.7 Å². The minimum atomic E-state index is -0.748. The van der Waals surface area contributed by atoms with Crippen molar-refractivity contribution in [3.8, 4) is 11.5 Å². The minimum Gasteiger partial charge on any atom is -0.497 e. The van der Waals surface area contributed by atoms with E-state index in [-0.39, 0.29) is 0 Å². The first-order chi connectivity index (χ1) is 9.99. The maximum Gasteiger partial charge on any atom is 0.128 e. The van der Waals surface area contributed by atoms with Crippen LogP contribution in [0.2, 0.25) is 0 Å². The van der Waals surface area contributed by atoms with Gasteiger partial charge in [-0.15, -0.1) is 0 Å². The summed E-state index contributed by atoms with van der Waals surface area (Å²) >= 11 is 3.54. The van der Waals surface area contributed by atoms with E-state index in [1.165, 1.54) is 0 Å². The molecule has 1 N–H and O–H groups in total. The molecule has 1 atom stereocenters. The van der Waals surface area contributed by atoms with Crippen molar-refractivity contribution in [2.24, 2.45) is 0 Å². The van der Waals surface area contributed by atoms with Crippen LogP contribution in [0.25, 0.3) is 0 Å². The van der Waals surface area contributed by atoms with E-state index >= 15 is 0 Å². The molecule has 0 fully saturated rings. The Bertz CT molecular complexity index is 635. The lowest BCUT2D eigenvalue weighted by Gasteiger charge is -2.21. The second-order valence-corrected chi connectivity index (χ2v) is 5.78. The summed E-state index contributed by atoms with van der Waals surface area (Å²) in [5, 5.41) is 10.8. The smallest absolute Gasteiger partial charge is 0.128 e. The quantitative estimate of drug-likeness (QED) is 0.899. The fourth-order valence-electron chi connectivity index (χ4n) is 2.43. The van der Waals surface area contributed by atoms with Crippen LogP contribution in [0, 0.1) is 13.8 Å². The Hall–Kier alpha value is -1.52. The molecule has 1 unspecified atom stereocenters.